The molecule has 1 unspecified atom stereocenters. The molecule has 1 amide bonds. The molecule has 1 aliphatic carbocycles. The summed E-state index contributed by atoms with van der Waals surface area (Å²) in [6.07, 6.45) is 2.95. The maximum atomic E-state index is 12.8. The molecule has 0 aromatic heterocycles. The van der Waals surface area contributed by atoms with Gasteiger partial charge >= 0.3 is 0 Å². The molecule has 0 fully saturated rings. The third kappa shape index (κ3) is 4.32. The molecule has 0 heterocycles. The summed E-state index contributed by atoms with van der Waals surface area (Å²) in [6.45, 7) is 0. The maximum absolute atomic E-state index is 12.8. The van der Waals surface area contributed by atoms with Crippen molar-refractivity contribution in [2.24, 2.45) is 0 Å². The van der Waals surface area contributed by atoms with Crippen molar-refractivity contribution < 1.29 is 13.2 Å². The predicted octanol–water partition coefficient (Wildman–Crippen LogP) is 4.29. The van der Waals surface area contributed by atoms with E-state index in [9.17, 15) is 13.2 Å². The van der Waals surface area contributed by atoms with E-state index in [0.29, 0.717) is 11.3 Å². The second kappa shape index (κ2) is 8.09. The van der Waals surface area contributed by atoms with Crippen molar-refractivity contribution in [1.82, 2.24) is 5.32 Å². The van der Waals surface area contributed by atoms with Gasteiger partial charge in [-0.15, -0.1) is 0 Å². The zero-order valence-electron chi connectivity index (χ0n) is 15.8. The van der Waals surface area contributed by atoms with Gasteiger partial charge in [-0.25, -0.2) is 8.42 Å². The van der Waals surface area contributed by atoms with Crippen LogP contribution in [0.15, 0.2) is 83.8 Å². The molecule has 5 nitrogen and oxygen atoms in total. The fourth-order valence-corrected chi connectivity index (χ4v) is 4.75. The Labute approximate surface area is 170 Å². The highest BCUT2D eigenvalue weighted by Gasteiger charge is 2.22. The molecule has 4 rings (SSSR count). The van der Waals surface area contributed by atoms with Crippen LogP contribution in [0, 0.1) is 0 Å². The van der Waals surface area contributed by atoms with Gasteiger partial charge in [0.2, 0.25) is 0 Å². The topological polar surface area (TPSA) is 75.3 Å². The Morgan fingerprint density at radius 3 is 2.48 bits per heavy atom. The molecule has 29 heavy (non-hydrogen) atoms. The lowest BCUT2D eigenvalue weighted by molar-refractivity contribution is 0.0933. The quantitative estimate of drug-likeness (QED) is 0.664. The highest BCUT2D eigenvalue weighted by Crippen LogP contribution is 2.29. The molecule has 0 aliphatic heterocycles. The van der Waals surface area contributed by atoms with Gasteiger partial charge in [-0.2, -0.15) is 0 Å². The smallest absolute Gasteiger partial charge is 0.261 e. The lowest BCUT2D eigenvalue weighted by atomic mass is 9.87. The van der Waals surface area contributed by atoms with E-state index in [1.807, 2.05) is 12.1 Å². The van der Waals surface area contributed by atoms with Gasteiger partial charge in [0.15, 0.2) is 0 Å². The Bertz CT molecular complexity index is 1130. The van der Waals surface area contributed by atoms with Gasteiger partial charge in [0, 0.05) is 11.3 Å². The average molecular weight is 407 g/mol. The lowest BCUT2D eigenvalue weighted by Gasteiger charge is -2.26. The number of nitrogens with one attached hydrogen (secondary N) is 2. The molecular weight excluding hydrogens is 384 g/mol. The van der Waals surface area contributed by atoms with Gasteiger partial charge in [-0.1, -0.05) is 48.5 Å². The average Bonchev–Trinajstić information content (AvgIpc) is 2.74. The van der Waals surface area contributed by atoms with Crippen LogP contribution in [0.4, 0.5) is 5.69 Å². The van der Waals surface area contributed by atoms with Gasteiger partial charge in [0.05, 0.1) is 10.9 Å². The monoisotopic (exact) mass is 406 g/mol. The Balaban J connectivity index is 1.51. The van der Waals surface area contributed by atoms with Crippen LogP contribution in [-0.4, -0.2) is 14.3 Å². The first-order chi connectivity index (χ1) is 14.0. The summed E-state index contributed by atoms with van der Waals surface area (Å²) in [4.78, 5) is 13.0. The Morgan fingerprint density at radius 2 is 1.66 bits per heavy atom. The fraction of sp³-hybridized carbons (Fsp3) is 0.174. The first-order valence-corrected chi connectivity index (χ1v) is 11.1. The van der Waals surface area contributed by atoms with Gasteiger partial charge in [0.25, 0.3) is 15.9 Å². The molecule has 1 aliphatic rings. The van der Waals surface area contributed by atoms with Crippen molar-refractivity contribution in [3.63, 3.8) is 0 Å². The lowest BCUT2D eigenvalue weighted by Crippen LogP contribution is -2.31. The van der Waals surface area contributed by atoms with E-state index < -0.39 is 10.0 Å². The van der Waals surface area contributed by atoms with E-state index in [0.717, 1.165) is 24.8 Å². The van der Waals surface area contributed by atoms with Crippen LogP contribution in [-0.2, 0) is 16.4 Å². The molecule has 0 saturated heterocycles. The zero-order valence-corrected chi connectivity index (χ0v) is 16.7. The molecule has 0 bridgehead atoms. The van der Waals surface area contributed by atoms with E-state index in [1.54, 1.807) is 42.5 Å². The third-order valence-electron chi connectivity index (χ3n) is 5.11. The molecule has 2 N–H and O–H groups in total. The number of hydrogen-bond donors (Lipinski definition) is 2. The molecule has 6 heteroatoms. The number of aryl methyl sites for hydroxylation is 1. The summed E-state index contributed by atoms with van der Waals surface area (Å²) in [7, 11) is -3.70. The summed E-state index contributed by atoms with van der Waals surface area (Å²) in [5, 5.41) is 3.10. The van der Waals surface area contributed by atoms with E-state index in [1.165, 1.54) is 17.7 Å². The number of carbonyl (C=O) groups is 1. The number of hydrogen-bond acceptors (Lipinski definition) is 3. The second-order valence-corrected chi connectivity index (χ2v) is 8.80. The zero-order chi connectivity index (χ0) is 20.3. The van der Waals surface area contributed by atoms with Gasteiger partial charge in [-0.05, 0) is 60.7 Å². The molecule has 0 radical (unpaired) electrons. The Morgan fingerprint density at radius 1 is 0.897 bits per heavy atom. The largest absolute Gasteiger partial charge is 0.345 e. The van der Waals surface area contributed by atoms with Crippen LogP contribution in [0.3, 0.4) is 0 Å². The molecule has 0 spiro atoms. The van der Waals surface area contributed by atoms with Crippen LogP contribution in [0.25, 0.3) is 0 Å². The molecular formula is C23H22N2O3S. The van der Waals surface area contributed by atoms with E-state index in [-0.39, 0.29) is 16.8 Å². The van der Waals surface area contributed by atoms with Crippen molar-refractivity contribution in [3.8, 4) is 0 Å². The Kier molecular flexibility index (Phi) is 5.36. The molecule has 3 aromatic carbocycles. The van der Waals surface area contributed by atoms with Crippen LogP contribution < -0.4 is 10.0 Å². The minimum Gasteiger partial charge on any atom is -0.345 e. The van der Waals surface area contributed by atoms with Gasteiger partial charge < -0.3 is 5.32 Å². The van der Waals surface area contributed by atoms with Crippen LogP contribution in [0.5, 0.6) is 0 Å². The first-order valence-electron chi connectivity index (χ1n) is 9.59. The standard InChI is InChI=1S/C23H22N2O3S/c26-23(24-22-15-7-9-17-8-4-5-14-21(17)22)18-10-6-11-19(16-18)25-29(27,28)20-12-2-1-3-13-20/h1-6,8,10-14,16,22,25H,7,9,15H2,(H,24,26). The number of anilines is 1. The number of rotatable bonds is 5. The predicted molar refractivity (Wildman–Crippen MR) is 113 cm³/mol. The van der Waals surface area contributed by atoms with E-state index in [2.05, 4.69) is 22.2 Å². The summed E-state index contributed by atoms with van der Waals surface area (Å²) in [5.41, 5.74) is 3.20. The molecule has 148 valence electrons. The highest BCUT2D eigenvalue weighted by molar-refractivity contribution is 7.92. The number of carbonyl (C=O) groups excluding carboxylic acids is 1. The summed E-state index contributed by atoms with van der Waals surface area (Å²) in [5.74, 6) is -0.215. The van der Waals surface area contributed by atoms with Crippen molar-refractivity contribution >= 4 is 21.6 Å². The molecule has 0 saturated carbocycles. The van der Waals surface area contributed by atoms with Crippen molar-refractivity contribution in [3.05, 3.63) is 95.6 Å². The maximum Gasteiger partial charge on any atom is 0.261 e. The normalized spacial score (nSPS) is 15.9. The van der Waals surface area contributed by atoms with Crippen molar-refractivity contribution in [2.45, 2.75) is 30.2 Å². The van der Waals surface area contributed by atoms with Crippen LogP contribution >= 0.6 is 0 Å². The van der Waals surface area contributed by atoms with E-state index >= 15 is 0 Å². The van der Waals surface area contributed by atoms with Gasteiger partial charge in [-0.3, -0.25) is 9.52 Å². The number of benzene rings is 3. The Hall–Kier alpha value is -3.12. The van der Waals surface area contributed by atoms with Crippen molar-refractivity contribution in [2.75, 3.05) is 4.72 Å². The van der Waals surface area contributed by atoms with Crippen LogP contribution in [0.2, 0.25) is 0 Å². The molecule has 1 atom stereocenters. The third-order valence-corrected chi connectivity index (χ3v) is 6.50. The SMILES string of the molecule is O=C(NC1CCCc2ccccc21)c1cccc(NS(=O)(=O)c2ccccc2)c1. The fourth-order valence-electron chi connectivity index (χ4n) is 3.68. The number of sulfonamides is 1. The summed E-state index contributed by atoms with van der Waals surface area (Å²) in [6, 6.07) is 22.8. The minimum atomic E-state index is -3.70. The summed E-state index contributed by atoms with van der Waals surface area (Å²) < 4.78 is 27.6. The number of amides is 1. The van der Waals surface area contributed by atoms with E-state index in [4.69, 9.17) is 0 Å². The van der Waals surface area contributed by atoms with Crippen molar-refractivity contribution in [1.29, 1.82) is 0 Å². The number of fused-ring (bicyclic) bond motifs is 1. The van der Waals surface area contributed by atoms with Gasteiger partial charge in [0.1, 0.15) is 0 Å². The highest BCUT2D eigenvalue weighted by atomic mass is 32.2. The minimum absolute atomic E-state index is 0.0304. The van der Waals surface area contributed by atoms with Crippen LogP contribution in [0.1, 0.15) is 40.4 Å². The molecule has 3 aromatic rings. The summed E-state index contributed by atoms with van der Waals surface area (Å²) >= 11 is 0. The second-order valence-electron chi connectivity index (χ2n) is 7.12. The first kappa shape index (κ1) is 19.2.